The molecular weight excluding hydrogens is 474 g/mol. The molecule has 0 aromatic heterocycles. The van der Waals surface area contributed by atoms with Crippen molar-refractivity contribution in [3.05, 3.63) is 35.4 Å². The van der Waals surface area contributed by atoms with E-state index in [-0.39, 0.29) is 34.5 Å². The Morgan fingerprint density at radius 3 is 2.42 bits per heavy atom. The van der Waals surface area contributed by atoms with Crippen LogP contribution in [0, 0.1) is 41.0 Å². The van der Waals surface area contributed by atoms with Gasteiger partial charge in [0, 0.05) is 28.4 Å². The second-order valence-electron chi connectivity index (χ2n) is 7.18. The Hall–Kier alpha value is -1.79. The highest BCUT2D eigenvalue weighted by atomic mass is 31.0. The summed E-state index contributed by atoms with van der Waals surface area (Å²) in [6, 6.07) is 1.80. The van der Waals surface area contributed by atoms with Gasteiger partial charge in [-0.2, -0.15) is 4.39 Å². The van der Waals surface area contributed by atoms with E-state index in [4.69, 9.17) is 4.74 Å². The van der Waals surface area contributed by atoms with Crippen molar-refractivity contribution in [1.82, 2.24) is 0 Å². The van der Waals surface area contributed by atoms with Crippen LogP contribution < -0.4 is 20.2 Å². The second kappa shape index (κ2) is 7.96. The number of fused-ring (bicyclic) bond motifs is 1. The van der Waals surface area contributed by atoms with Gasteiger partial charge in [-0.3, -0.25) is 9.69 Å². The number of amides is 1. The molecule has 1 aliphatic heterocycles. The fourth-order valence-electron chi connectivity index (χ4n) is 3.14. The summed E-state index contributed by atoms with van der Waals surface area (Å²) in [4.78, 5) is 13.5. The van der Waals surface area contributed by atoms with Crippen LogP contribution in [0.4, 0.5) is 27.6 Å². The number of hydrogen-bond donors (Lipinski definition) is 0. The first-order chi connectivity index (χ1) is 14.5. The lowest BCUT2D eigenvalue weighted by molar-refractivity contribution is -0.138. The van der Waals surface area contributed by atoms with Crippen molar-refractivity contribution >= 4 is 49.9 Å². The molecule has 0 N–H and O–H groups in total. The molecule has 162 valence electrons. The van der Waals surface area contributed by atoms with Gasteiger partial charge < -0.3 is 4.74 Å². The maximum Gasteiger partial charge on any atom is 0.338 e. The molecule has 1 heterocycles. The van der Waals surface area contributed by atoms with E-state index in [1.165, 1.54) is 0 Å². The van der Waals surface area contributed by atoms with Crippen LogP contribution in [0.1, 0.15) is 12.8 Å². The SMILES string of the molecule is O=C1N(CC#CC2CC2)c2cc(-c3c(F)c(F)c(F)c(P)c3P)c(F)cc2OC1(F)P. The molecule has 1 saturated carbocycles. The van der Waals surface area contributed by atoms with Crippen LogP contribution in [0.25, 0.3) is 11.1 Å². The van der Waals surface area contributed by atoms with E-state index < -0.39 is 45.9 Å². The van der Waals surface area contributed by atoms with Gasteiger partial charge in [-0.15, -0.1) is 18.5 Å². The molecule has 1 fully saturated rings. The average molecular weight is 489 g/mol. The number of benzene rings is 2. The Morgan fingerprint density at radius 2 is 1.77 bits per heavy atom. The molecule has 1 amide bonds. The molecule has 0 bridgehead atoms. The molecule has 11 heteroatoms. The van der Waals surface area contributed by atoms with Gasteiger partial charge in [-0.05, 0) is 33.5 Å². The molecule has 4 rings (SSSR count). The van der Waals surface area contributed by atoms with Gasteiger partial charge in [0.05, 0.1) is 12.2 Å². The quantitative estimate of drug-likeness (QED) is 0.280. The summed E-state index contributed by atoms with van der Waals surface area (Å²) in [6.07, 6.45) is 1.88. The fraction of sp³-hybridized carbons (Fsp3) is 0.250. The first-order valence-corrected chi connectivity index (χ1v) is 10.8. The number of carbonyl (C=O) groups excluding carboxylic acids is 1. The zero-order valence-corrected chi connectivity index (χ0v) is 19.2. The van der Waals surface area contributed by atoms with Crippen LogP contribution >= 0.6 is 27.7 Å². The number of rotatable bonds is 2. The summed E-state index contributed by atoms with van der Waals surface area (Å²) >= 11 is 0. The first-order valence-electron chi connectivity index (χ1n) is 9.05. The second-order valence-corrected chi connectivity index (χ2v) is 9.08. The van der Waals surface area contributed by atoms with E-state index in [2.05, 4.69) is 11.8 Å². The molecule has 4 atom stereocenters. The number of alkyl halides is 1. The maximum absolute atomic E-state index is 14.9. The van der Waals surface area contributed by atoms with Crippen molar-refractivity contribution in [2.75, 3.05) is 11.4 Å². The van der Waals surface area contributed by atoms with E-state index in [0.717, 1.165) is 29.9 Å². The van der Waals surface area contributed by atoms with E-state index in [9.17, 15) is 26.7 Å². The third-order valence-electron chi connectivity index (χ3n) is 4.93. The Labute approximate surface area is 181 Å². The van der Waals surface area contributed by atoms with Gasteiger partial charge in [0.25, 0.3) is 0 Å². The lowest BCUT2D eigenvalue weighted by atomic mass is 10.0. The smallest absolute Gasteiger partial charge is 0.338 e. The molecule has 2 aromatic rings. The lowest BCUT2D eigenvalue weighted by Crippen LogP contribution is -2.50. The standard InChI is InChI=1S/C20H15F5NO2P3/c21-10-7-12-11(6-9(10)13-14(22)15(23)16(24)18(30)17(13)29)26(5-1-2-8-3-4-8)19(27)20(25,31)28-12/h6-8H,3-5,29-31H2. The molecule has 31 heavy (non-hydrogen) atoms. The van der Waals surface area contributed by atoms with Crippen molar-refractivity contribution in [2.45, 2.75) is 18.4 Å². The van der Waals surface area contributed by atoms with Crippen molar-refractivity contribution < 1.29 is 31.5 Å². The summed E-state index contributed by atoms with van der Waals surface area (Å²) in [5.41, 5.74) is -3.90. The summed E-state index contributed by atoms with van der Waals surface area (Å²) in [5.74, 6) is -1.33. The number of nitrogens with zero attached hydrogens (tertiary/aromatic N) is 1. The molecule has 2 aliphatic rings. The number of hydrogen-bond acceptors (Lipinski definition) is 2. The Bertz CT molecular complexity index is 1160. The zero-order valence-electron chi connectivity index (χ0n) is 15.7. The summed E-state index contributed by atoms with van der Waals surface area (Å²) in [7, 11) is 5.59. The van der Waals surface area contributed by atoms with Crippen LogP contribution in [0.5, 0.6) is 5.75 Å². The number of halogens is 5. The Balaban J connectivity index is 1.89. The van der Waals surface area contributed by atoms with Gasteiger partial charge in [-0.25, -0.2) is 17.6 Å². The lowest BCUT2D eigenvalue weighted by Gasteiger charge is -2.35. The highest BCUT2D eigenvalue weighted by Gasteiger charge is 2.46. The molecule has 3 nitrogen and oxygen atoms in total. The van der Waals surface area contributed by atoms with Crippen LogP contribution in [-0.4, -0.2) is 18.0 Å². The largest absolute Gasteiger partial charge is 0.445 e. The average Bonchev–Trinajstić information content (AvgIpc) is 3.53. The maximum atomic E-state index is 14.9. The summed E-state index contributed by atoms with van der Waals surface area (Å²) < 4.78 is 77.0. The van der Waals surface area contributed by atoms with Crippen molar-refractivity contribution in [3.63, 3.8) is 0 Å². The Morgan fingerprint density at radius 1 is 1.10 bits per heavy atom. The van der Waals surface area contributed by atoms with Crippen molar-refractivity contribution in [3.8, 4) is 28.7 Å². The minimum Gasteiger partial charge on any atom is -0.445 e. The summed E-state index contributed by atoms with van der Waals surface area (Å²) in [5, 5.41) is -0.433. The zero-order chi connectivity index (χ0) is 22.7. The molecule has 4 unspecified atom stereocenters. The number of anilines is 1. The van der Waals surface area contributed by atoms with Crippen LogP contribution in [0.15, 0.2) is 12.1 Å². The minimum atomic E-state index is -2.84. The Kier molecular flexibility index (Phi) is 5.76. The van der Waals surface area contributed by atoms with Crippen LogP contribution in [0.3, 0.4) is 0 Å². The van der Waals surface area contributed by atoms with Gasteiger partial charge in [0.2, 0.25) is 0 Å². The van der Waals surface area contributed by atoms with E-state index in [0.29, 0.717) is 0 Å². The monoisotopic (exact) mass is 489 g/mol. The van der Waals surface area contributed by atoms with Crippen LogP contribution in [0.2, 0.25) is 0 Å². The van der Waals surface area contributed by atoms with Crippen molar-refractivity contribution in [1.29, 1.82) is 0 Å². The topological polar surface area (TPSA) is 29.5 Å². The van der Waals surface area contributed by atoms with E-state index in [1.807, 2.05) is 18.5 Å². The third-order valence-corrected chi connectivity index (χ3v) is 6.79. The highest BCUT2D eigenvalue weighted by molar-refractivity contribution is 7.36. The summed E-state index contributed by atoms with van der Waals surface area (Å²) in [6.45, 7) is -0.209. The molecule has 0 radical (unpaired) electrons. The third kappa shape index (κ3) is 3.93. The molecule has 1 aliphatic carbocycles. The molecule has 0 saturated heterocycles. The van der Waals surface area contributed by atoms with Gasteiger partial charge in [0.1, 0.15) is 5.82 Å². The minimum absolute atomic E-state index is 0.0685. The van der Waals surface area contributed by atoms with Gasteiger partial charge in [0.15, 0.2) is 23.2 Å². The number of carbonyl (C=O) groups is 1. The highest BCUT2D eigenvalue weighted by Crippen LogP contribution is 2.44. The predicted octanol–water partition coefficient (Wildman–Crippen LogP) is 3.55. The van der Waals surface area contributed by atoms with E-state index >= 15 is 0 Å². The van der Waals surface area contributed by atoms with Gasteiger partial charge >= 0.3 is 11.5 Å². The normalized spacial score (nSPS) is 20.1. The van der Waals surface area contributed by atoms with Gasteiger partial charge in [-0.1, -0.05) is 11.8 Å². The van der Waals surface area contributed by atoms with Crippen molar-refractivity contribution in [2.24, 2.45) is 5.92 Å². The molecular formula is C20H15F5NO2P3. The first kappa shape index (κ1) is 22.4. The number of ether oxygens (including phenoxy) is 1. The molecule has 2 aromatic carbocycles. The fourth-order valence-corrected chi connectivity index (χ4v) is 4.10. The van der Waals surface area contributed by atoms with E-state index in [1.54, 1.807) is 9.24 Å². The predicted molar refractivity (Wildman–Crippen MR) is 117 cm³/mol. The molecule has 0 spiro atoms. The van der Waals surface area contributed by atoms with Crippen LogP contribution in [-0.2, 0) is 4.79 Å².